The van der Waals surface area contributed by atoms with Gasteiger partial charge in [-0.3, -0.25) is 0 Å². The molecule has 1 N–H and O–H groups in total. The summed E-state index contributed by atoms with van der Waals surface area (Å²) in [5.74, 6) is 1.05. The number of sulfonamides is 1. The van der Waals surface area contributed by atoms with Crippen LogP contribution < -0.4 is 5.32 Å². The topological polar surface area (TPSA) is 88.3 Å². The van der Waals surface area contributed by atoms with Crippen LogP contribution >= 0.6 is 0 Å². The van der Waals surface area contributed by atoms with Gasteiger partial charge in [-0.2, -0.15) is 4.31 Å². The fraction of sp³-hybridized carbons (Fsp3) is 0.467. The van der Waals surface area contributed by atoms with Crippen molar-refractivity contribution in [1.29, 1.82) is 0 Å². The maximum absolute atomic E-state index is 13.1. The lowest BCUT2D eigenvalue weighted by atomic mass is 10.1. The zero-order chi connectivity index (χ0) is 16.6. The van der Waals surface area contributed by atoms with E-state index in [0.717, 1.165) is 24.4 Å². The molecule has 0 aliphatic carbocycles. The van der Waals surface area contributed by atoms with Gasteiger partial charge in [-0.15, -0.1) is 0 Å². The molecule has 3 rings (SSSR count). The lowest BCUT2D eigenvalue weighted by molar-refractivity contribution is 0.381. The van der Waals surface area contributed by atoms with Gasteiger partial charge in [0.2, 0.25) is 10.0 Å². The number of hydrogen-bond acceptors (Lipinski definition) is 6. The number of aryl methyl sites for hydroxylation is 2. The van der Waals surface area contributed by atoms with Crippen LogP contribution in [-0.2, 0) is 10.0 Å². The molecule has 0 amide bonds. The van der Waals surface area contributed by atoms with E-state index in [4.69, 9.17) is 4.52 Å². The number of hydrogen-bond donors (Lipinski definition) is 1. The predicted octanol–water partition coefficient (Wildman–Crippen LogP) is 2.25. The van der Waals surface area contributed by atoms with E-state index in [1.54, 1.807) is 20.9 Å². The number of pyridine rings is 1. The Kier molecular flexibility index (Phi) is 4.11. The van der Waals surface area contributed by atoms with Gasteiger partial charge in [0.1, 0.15) is 16.4 Å². The Labute approximate surface area is 135 Å². The Morgan fingerprint density at radius 2 is 2.13 bits per heavy atom. The third-order valence-corrected chi connectivity index (χ3v) is 6.26. The molecule has 0 aromatic carbocycles. The van der Waals surface area contributed by atoms with E-state index >= 15 is 0 Å². The molecule has 23 heavy (non-hydrogen) atoms. The first-order valence-corrected chi connectivity index (χ1v) is 8.98. The van der Waals surface area contributed by atoms with Crippen molar-refractivity contribution in [2.45, 2.75) is 37.6 Å². The SMILES string of the molecule is CNc1cccc(C2CCCN2S(=O)(=O)c2c(C)noc2C)n1. The minimum absolute atomic E-state index is 0.175. The molecule has 3 heterocycles. The van der Waals surface area contributed by atoms with E-state index in [1.165, 1.54) is 4.31 Å². The second-order valence-corrected chi connectivity index (χ2v) is 7.45. The van der Waals surface area contributed by atoms with Crippen LogP contribution in [0.3, 0.4) is 0 Å². The molecule has 1 aliphatic heterocycles. The van der Waals surface area contributed by atoms with Gasteiger partial charge in [0.15, 0.2) is 5.76 Å². The minimum Gasteiger partial charge on any atom is -0.373 e. The monoisotopic (exact) mass is 336 g/mol. The van der Waals surface area contributed by atoms with Crippen molar-refractivity contribution in [3.63, 3.8) is 0 Å². The molecule has 1 fully saturated rings. The van der Waals surface area contributed by atoms with Crippen molar-refractivity contribution >= 4 is 15.8 Å². The summed E-state index contributed by atoms with van der Waals surface area (Å²) >= 11 is 0. The number of nitrogens with zero attached hydrogens (tertiary/aromatic N) is 3. The van der Waals surface area contributed by atoms with E-state index in [-0.39, 0.29) is 10.9 Å². The van der Waals surface area contributed by atoms with Crippen LogP contribution in [0.4, 0.5) is 5.82 Å². The molecule has 2 aromatic heterocycles. The Morgan fingerprint density at radius 3 is 2.78 bits per heavy atom. The summed E-state index contributed by atoms with van der Waals surface area (Å²) in [4.78, 5) is 4.68. The summed E-state index contributed by atoms with van der Waals surface area (Å²) in [6.07, 6.45) is 1.56. The van der Waals surface area contributed by atoms with E-state index < -0.39 is 10.0 Å². The molecule has 1 aliphatic rings. The van der Waals surface area contributed by atoms with Gasteiger partial charge in [0.05, 0.1) is 11.7 Å². The summed E-state index contributed by atoms with van der Waals surface area (Å²) in [6, 6.07) is 5.34. The molecule has 1 unspecified atom stereocenters. The summed E-state index contributed by atoms with van der Waals surface area (Å²) in [6.45, 7) is 3.74. The molecule has 2 aromatic rings. The maximum Gasteiger partial charge on any atom is 0.249 e. The van der Waals surface area contributed by atoms with Crippen LogP contribution in [0.25, 0.3) is 0 Å². The molecule has 7 nitrogen and oxygen atoms in total. The number of aromatic nitrogens is 2. The van der Waals surface area contributed by atoms with Gasteiger partial charge in [-0.25, -0.2) is 13.4 Å². The number of anilines is 1. The third-order valence-electron chi connectivity index (χ3n) is 4.11. The Hall–Kier alpha value is -1.93. The van der Waals surface area contributed by atoms with E-state index in [0.29, 0.717) is 18.0 Å². The van der Waals surface area contributed by atoms with Crippen LogP contribution in [0.1, 0.15) is 36.0 Å². The summed E-state index contributed by atoms with van der Waals surface area (Å²) in [5.41, 5.74) is 1.15. The first-order chi connectivity index (χ1) is 10.9. The van der Waals surface area contributed by atoms with Gasteiger partial charge in [-0.05, 0) is 38.8 Å². The van der Waals surface area contributed by atoms with Crippen molar-refractivity contribution in [2.24, 2.45) is 0 Å². The van der Waals surface area contributed by atoms with Crippen LogP contribution in [0, 0.1) is 13.8 Å². The fourth-order valence-electron chi connectivity index (χ4n) is 3.06. The smallest absolute Gasteiger partial charge is 0.249 e. The second-order valence-electron chi connectivity index (χ2n) is 5.62. The van der Waals surface area contributed by atoms with E-state index in [2.05, 4.69) is 15.5 Å². The highest BCUT2D eigenvalue weighted by molar-refractivity contribution is 7.89. The number of nitrogens with one attached hydrogen (secondary N) is 1. The van der Waals surface area contributed by atoms with Crippen LogP contribution in [0.2, 0.25) is 0 Å². The Balaban J connectivity index is 2.01. The Morgan fingerprint density at radius 1 is 1.35 bits per heavy atom. The zero-order valence-corrected chi connectivity index (χ0v) is 14.2. The lowest BCUT2D eigenvalue weighted by Gasteiger charge is -2.23. The molecule has 1 saturated heterocycles. The van der Waals surface area contributed by atoms with Crippen LogP contribution in [0.5, 0.6) is 0 Å². The van der Waals surface area contributed by atoms with Gasteiger partial charge >= 0.3 is 0 Å². The minimum atomic E-state index is -3.66. The average Bonchev–Trinajstić information content (AvgIpc) is 3.15. The third kappa shape index (κ3) is 2.72. The molecular formula is C15H20N4O3S. The summed E-state index contributed by atoms with van der Waals surface area (Å²) < 4.78 is 32.7. The van der Waals surface area contributed by atoms with E-state index in [9.17, 15) is 8.42 Å². The summed E-state index contributed by atoms with van der Waals surface area (Å²) in [7, 11) is -1.87. The van der Waals surface area contributed by atoms with Crippen molar-refractivity contribution in [3.05, 3.63) is 35.3 Å². The first-order valence-electron chi connectivity index (χ1n) is 7.54. The maximum atomic E-state index is 13.1. The fourth-order valence-corrected chi connectivity index (χ4v) is 5.02. The highest BCUT2D eigenvalue weighted by atomic mass is 32.2. The highest BCUT2D eigenvalue weighted by Crippen LogP contribution is 2.37. The lowest BCUT2D eigenvalue weighted by Crippen LogP contribution is -2.31. The Bertz CT molecular complexity index is 796. The van der Waals surface area contributed by atoms with Crippen molar-refractivity contribution in [3.8, 4) is 0 Å². The highest BCUT2D eigenvalue weighted by Gasteiger charge is 2.39. The van der Waals surface area contributed by atoms with Crippen LogP contribution in [0.15, 0.2) is 27.6 Å². The van der Waals surface area contributed by atoms with Crippen molar-refractivity contribution < 1.29 is 12.9 Å². The molecule has 0 bridgehead atoms. The molecular weight excluding hydrogens is 316 g/mol. The normalized spacial score (nSPS) is 19.2. The van der Waals surface area contributed by atoms with E-state index in [1.807, 2.05) is 18.2 Å². The van der Waals surface area contributed by atoms with Gasteiger partial charge in [0.25, 0.3) is 0 Å². The van der Waals surface area contributed by atoms with Crippen molar-refractivity contribution in [2.75, 3.05) is 18.9 Å². The molecule has 1 atom stereocenters. The quantitative estimate of drug-likeness (QED) is 0.921. The first kappa shape index (κ1) is 15.9. The molecule has 124 valence electrons. The largest absolute Gasteiger partial charge is 0.373 e. The molecule has 0 saturated carbocycles. The summed E-state index contributed by atoms with van der Waals surface area (Å²) in [5, 5.41) is 6.76. The van der Waals surface area contributed by atoms with Gasteiger partial charge in [-0.1, -0.05) is 11.2 Å². The van der Waals surface area contributed by atoms with Crippen LogP contribution in [-0.4, -0.2) is 36.5 Å². The van der Waals surface area contributed by atoms with Gasteiger partial charge < -0.3 is 9.84 Å². The zero-order valence-electron chi connectivity index (χ0n) is 13.4. The average molecular weight is 336 g/mol. The predicted molar refractivity (Wildman–Crippen MR) is 85.6 cm³/mol. The standard InChI is InChI=1S/C15H20N4O3S/c1-10-15(11(2)22-18-10)23(20,21)19-9-5-7-13(19)12-6-4-8-14(16-3)17-12/h4,6,8,13H,5,7,9H2,1-3H3,(H,16,17). The second kappa shape index (κ2) is 5.93. The van der Waals surface area contributed by atoms with Gasteiger partial charge in [0, 0.05) is 13.6 Å². The number of rotatable bonds is 4. The molecule has 0 spiro atoms. The molecule has 8 heteroatoms. The molecule has 0 radical (unpaired) electrons. The van der Waals surface area contributed by atoms with Crippen molar-refractivity contribution in [1.82, 2.24) is 14.4 Å².